The Balaban J connectivity index is 1.75. The molecule has 1 aliphatic rings. The monoisotopic (exact) mass is 522 g/mol. The lowest BCUT2D eigenvalue weighted by molar-refractivity contribution is -0.148. The SMILES string of the molecule is COC(=O)[C@@H](C)N1C(=O)S/C(=C/c2cc(Cl)c(OCC(=O)Nc3ccc(F)cc3)c(OC)c2)C1=O. The molecule has 35 heavy (non-hydrogen) atoms. The number of methoxy groups -OCH3 is 2. The molecule has 1 N–H and O–H groups in total. The molecule has 12 heteroatoms. The molecule has 1 fully saturated rings. The fraction of sp³-hybridized carbons (Fsp3) is 0.217. The number of nitrogens with one attached hydrogen (secondary N) is 1. The van der Waals surface area contributed by atoms with Crippen molar-refractivity contribution in [2.45, 2.75) is 13.0 Å². The number of benzene rings is 2. The van der Waals surface area contributed by atoms with Crippen LogP contribution in [0, 0.1) is 5.82 Å². The lowest BCUT2D eigenvalue weighted by Gasteiger charge is -2.18. The molecule has 3 rings (SSSR count). The van der Waals surface area contributed by atoms with Crippen LogP contribution >= 0.6 is 23.4 Å². The molecule has 0 radical (unpaired) electrons. The van der Waals surface area contributed by atoms with E-state index >= 15 is 0 Å². The Hall–Kier alpha value is -3.57. The van der Waals surface area contributed by atoms with E-state index in [0.29, 0.717) is 23.0 Å². The van der Waals surface area contributed by atoms with Crippen molar-refractivity contribution in [3.63, 3.8) is 0 Å². The van der Waals surface area contributed by atoms with Crippen molar-refractivity contribution in [3.05, 3.63) is 57.7 Å². The van der Waals surface area contributed by atoms with Gasteiger partial charge in [-0.25, -0.2) is 9.18 Å². The third-order valence-corrected chi connectivity index (χ3v) is 5.94. The molecule has 0 spiro atoms. The normalized spacial score (nSPS) is 15.2. The molecule has 0 aromatic heterocycles. The molecular formula is C23H20ClFN2O7S. The number of hydrogen-bond acceptors (Lipinski definition) is 8. The van der Waals surface area contributed by atoms with Crippen molar-refractivity contribution < 1.29 is 37.8 Å². The second kappa shape index (κ2) is 11.2. The van der Waals surface area contributed by atoms with E-state index in [4.69, 9.17) is 21.1 Å². The molecule has 1 heterocycles. The van der Waals surface area contributed by atoms with Gasteiger partial charge in [-0.1, -0.05) is 11.6 Å². The van der Waals surface area contributed by atoms with Crippen LogP contribution in [-0.4, -0.2) is 54.8 Å². The summed E-state index contributed by atoms with van der Waals surface area (Å²) in [6.07, 6.45) is 1.42. The minimum absolute atomic E-state index is 0.0798. The van der Waals surface area contributed by atoms with Gasteiger partial charge in [-0.15, -0.1) is 0 Å². The van der Waals surface area contributed by atoms with Crippen molar-refractivity contribution in [2.75, 3.05) is 26.1 Å². The first-order chi connectivity index (χ1) is 16.6. The summed E-state index contributed by atoms with van der Waals surface area (Å²) in [4.78, 5) is 49.8. The highest BCUT2D eigenvalue weighted by Crippen LogP contribution is 2.39. The topological polar surface area (TPSA) is 111 Å². The molecule has 184 valence electrons. The number of ether oxygens (including phenoxy) is 3. The minimum Gasteiger partial charge on any atom is -0.493 e. The maximum atomic E-state index is 13.0. The Kier molecular flexibility index (Phi) is 8.36. The van der Waals surface area contributed by atoms with Crippen LogP contribution in [0.2, 0.25) is 5.02 Å². The van der Waals surface area contributed by atoms with Gasteiger partial charge < -0.3 is 19.5 Å². The maximum absolute atomic E-state index is 13.0. The second-order valence-electron chi connectivity index (χ2n) is 7.13. The van der Waals surface area contributed by atoms with Gasteiger partial charge >= 0.3 is 5.97 Å². The summed E-state index contributed by atoms with van der Waals surface area (Å²) in [5, 5.41) is 2.04. The van der Waals surface area contributed by atoms with E-state index in [2.05, 4.69) is 10.1 Å². The number of halogens is 2. The first kappa shape index (κ1) is 26.0. The van der Waals surface area contributed by atoms with Crippen molar-refractivity contribution in [1.29, 1.82) is 0 Å². The number of hydrogen-bond donors (Lipinski definition) is 1. The number of amides is 3. The number of rotatable bonds is 8. The minimum atomic E-state index is -1.08. The summed E-state index contributed by atoms with van der Waals surface area (Å²) >= 11 is 7.00. The second-order valence-corrected chi connectivity index (χ2v) is 8.53. The predicted molar refractivity (Wildman–Crippen MR) is 128 cm³/mol. The zero-order valence-electron chi connectivity index (χ0n) is 18.8. The lowest BCUT2D eigenvalue weighted by atomic mass is 10.1. The van der Waals surface area contributed by atoms with E-state index < -0.39 is 41.5 Å². The van der Waals surface area contributed by atoms with Gasteiger partial charge in [-0.3, -0.25) is 19.3 Å². The summed E-state index contributed by atoms with van der Waals surface area (Å²) in [7, 11) is 2.53. The molecule has 0 saturated carbocycles. The third-order valence-electron chi connectivity index (χ3n) is 4.78. The van der Waals surface area contributed by atoms with Crippen LogP contribution in [0.15, 0.2) is 41.3 Å². The summed E-state index contributed by atoms with van der Waals surface area (Å²) in [6.45, 7) is 0.987. The quantitative estimate of drug-likeness (QED) is 0.407. The largest absolute Gasteiger partial charge is 0.493 e. The van der Waals surface area contributed by atoms with Crippen LogP contribution < -0.4 is 14.8 Å². The van der Waals surface area contributed by atoms with E-state index in [1.165, 1.54) is 56.5 Å². The van der Waals surface area contributed by atoms with E-state index in [1.54, 1.807) is 0 Å². The van der Waals surface area contributed by atoms with Crippen molar-refractivity contribution in [2.24, 2.45) is 0 Å². The van der Waals surface area contributed by atoms with Gasteiger partial charge in [-0.2, -0.15) is 0 Å². The predicted octanol–water partition coefficient (Wildman–Crippen LogP) is 4.10. The van der Waals surface area contributed by atoms with Crippen LogP contribution in [0.3, 0.4) is 0 Å². The Morgan fingerprint density at radius 3 is 2.51 bits per heavy atom. The third kappa shape index (κ3) is 6.11. The molecule has 2 aromatic carbocycles. The van der Waals surface area contributed by atoms with Gasteiger partial charge in [0.2, 0.25) is 0 Å². The highest BCUT2D eigenvalue weighted by Gasteiger charge is 2.41. The Morgan fingerprint density at radius 1 is 1.20 bits per heavy atom. The van der Waals surface area contributed by atoms with E-state index in [0.717, 1.165) is 12.0 Å². The van der Waals surface area contributed by atoms with Crippen LogP contribution in [0.25, 0.3) is 6.08 Å². The summed E-state index contributed by atoms with van der Waals surface area (Å²) in [5.74, 6) is -2.03. The van der Waals surface area contributed by atoms with Crippen molar-refractivity contribution >= 4 is 58.1 Å². The molecule has 3 amide bonds. The van der Waals surface area contributed by atoms with E-state index in [9.17, 15) is 23.6 Å². The Bertz CT molecular complexity index is 1200. The van der Waals surface area contributed by atoms with Gasteiger partial charge in [0, 0.05) is 5.69 Å². The molecule has 1 atom stereocenters. The van der Waals surface area contributed by atoms with Crippen molar-refractivity contribution in [3.8, 4) is 11.5 Å². The fourth-order valence-corrected chi connectivity index (χ4v) is 4.25. The summed E-state index contributed by atoms with van der Waals surface area (Å²) in [5.41, 5.74) is 0.815. The first-order valence-corrected chi connectivity index (χ1v) is 11.2. The van der Waals surface area contributed by atoms with Crippen molar-refractivity contribution in [1.82, 2.24) is 4.90 Å². The number of anilines is 1. The molecule has 0 aliphatic carbocycles. The smallest absolute Gasteiger partial charge is 0.328 e. The van der Waals surface area contributed by atoms with Gasteiger partial charge in [0.25, 0.3) is 17.1 Å². The van der Waals surface area contributed by atoms with Crippen LogP contribution in [0.1, 0.15) is 12.5 Å². The molecule has 1 saturated heterocycles. The number of imide groups is 1. The Morgan fingerprint density at radius 2 is 1.89 bits per heavy atom. The average molecular weight is 523 g/mol. The number of thioether (sulfide) groups is 1. The standard InChI is InChI=1S/C23H20ClFN2O7S/c1-12(22(30)33-3)27-21(29)18(35-23(27)31)10-13-8-16(24)20(17(9-13)32-2)34-11-19(28)26-15-6-4-14(25)5-7-15/h4-10,12H,11H2,1-3H3,(H,26,28)/b18-10+/t12-/m1/s1. The summed E-state index contributed by atoms with van der Waals surface area (Å²) in [6, 6.07) is 7.13. The lowest BCUT2D eigenvalue weighted by Crippen LogP contribution is -2.42. The molecule has 2 aromatic rings. The highest BCUT2D eigenvalue weighted by molar-refractivity contribution is 8.18. The van der Waals surface area contributed by atoms with Gasteiger partial charge in [0.1, 0.15) is 11.9 Å². The fourth-order valence-electron chi connectivity index (χ4n) is 3.07. The first-order valence-electron chi connectivity index (χ1n) is 10.0. The van der Waals surface area contributed by atoms with E-state index in [1.807, 2.05) is 0 Å². The molecule has 1 aliphatic heterocycles. The molecule has 0 unspecified atom stereocenters. The zero-order chi connectivity index (χ0) is 25.7. The molecule has 0 bridgehead atoms. The van der Waals surface area contributed by atoms with Crippen LogP contribution in [0.4, 0.5) is 14.9 Å². The van der Waals surface area contributed by atoms with Crippen LogP contribution in [-0.2, 0) is 19.1 Å². The van der Waals surface area contributed by atoms with Crippen LogP contribution in [0.5, 0.6) is 11.5 Å². The average Bonchev–Trinajstić information content (AvgIpc) is 3.10. The molecular weight excluding hydrogens is 503 g/mol. The number of carbonyl (C=O) groups is 4. The number of esters is 1. The molecule has 9 nitrogen and oxygen atoms in total. The van der Waals surface area contributed by atoms with Gasteiger partial charge in [0.05, 0.1) is 24.1 Å². The highest BCUT2D eigenvalue weighted by atomic mass is 35.5. The number of carbonyl (C=O) groups excluding carboxylic acids is 4. The maximum Gasteiger partial charge on any atom is 0.328 e. The summed E-state index contributed by atoms with van der Waals surface area (Å²) < 4.78 is 28.4. The zero-order valence-corrected chi connectivity index (χ0v) is 20.4. The van der Waals surface area contributed by atoms with Gasteiger partial charge in [0.15, 0.2) is 18.1 Å². The Labute approximate surface area is 209 Å². The van der Waals surface area contributed by atoms with Gasteiger partial charge in [-0.05, 0) is 66.7 Å². The van der Waals surface area contributed by atoms with E-state index in [-0.39, 0.29) is 21.4 Å². The number of nitrogens with zero attached hydrogens (tertiary/aromatic N) is 1.